The Labute approximate surface area is 97.4 Å². The average Bonchev–Trinajstić information content (AvgIpc) is 3.01. The van der Waals surface area contributed by atoms with Crippen molar-refractivity contribution in [3.8, 4) is 0 Å². The van der Waals surface area contributed by atoms with Gasteiger partial charge < -0.3 is 20.5 Å². The van der Waals surface area contributed by atoms with Crippen molar-refractivity contribution in [2.45, 2.75) is 25.8 Å². The molecule has 1 atom stereocenters. The molecule has 0 aliphatic heterocycles. The lowest BCUT2D eigenvalue weighted by molar-refractivity contribution is 0.131. The first kappa shape index (κ1) is 13.3. The molecule has 0 heterocycles. The summed E-state index contributed by atoms with van der Waals surface area (Å²) in [6.07, 6.45) is 2.64. The van der Waals surface area contributed by atoms with Gasteiger partial charge in [-0.05, 0) is 25.7 Å². The summed E-state index contributed by atoms with van der Waals surface area (Å²) in [5.41, 5.74) is 5.69. The zero-order chi connectivity index (χ0) is 11.8. The van der Waals surface area contributed by atoms with Crippen LogP contribution in [-0.2, 0) is 9.47 Å². The number of methoxy groups -OCH3 is 1. The third-order valence-electron chi connectivity index (χ3n) is 2.38. The number of rotatable bonds is 8. The molecule has 1 rings (SSSR count). The summed E-state index contributed by atoms with van der Waals surface area (Å²) in [6.45, 7) is 4.76. The SMILES string of the molecule is COCC(C)NC(N)=NCCOCC1CC1. The lowest BCUT2D eigenvalue weighted by Crippen LogP contribution is -2.40. The maximum atomic E-state index is 5.69. The summed E-state index contributed by atoms with van der Waals surface area (Å²) >= 11 is 0. The van der Waals surface area contributed by atoms with Crippen molar-refractivity contribution in [3.05, 3.63) is 0 Å². The number of hydrogen-bond acceptors (Lipinski definition) is 3. The number of nitrogens with zero attached hydrogens (tertiary/aromatic N) is 1. The van der Waals surface area contributed by atoms with E-state index in [9.17, 15) is 0 Å². The summed E-state index contributed by atoms with van der Waals surface area (Å²) in [4.78, 5) is 4.17. The number of nitrogens with two attached hydrogens (primary N) is 1. The van der Waals surface area contributed by atoms with Gasteiger partial charge in [0, 0.05) is 19.8 Å². The van der Waals surface area contributed by atoms with Gasteiger partial charge in [0.15, 0.2) is 5.96 Å². The zero-order valence-corrected chi connectivity index (χ0v) is 10.2. The largest absolute Gasteiger partial charge is 0.383 e. The fourth-order valence-corrected chi connectivity index (χ4v) is 1.35. The van der Waals surface area contributed by atoms with Gasteiger partial charge in [0.2, 0.25) is 0 Å². The number of nitrogens with one attached hydrogen (secondary N) is 1. The molecule has 16 heavy (non-hydrogen) atoms. The van der Waals surface area contributed by atoms with Gasteiger partial charge >= 0.3 is 0 Å². The Balaban J connectivity index is 1.98. The molecule has 0 aromatic carbocycles. The van der Waals surface area contributed by atoms with Gasteiger partial charge in [-0.2, -0.15) is 0 Å². The molecule has 94 valence electrons. The van der Waals surface area contributed by atoms with Gasteiger partial charge in [0.05, 0.1) is 19.8 Å². The van der Waals surface area contributed by atoms with Crippen molar-refractivity contribution >= 4 is 5.96 Å². The molecule has 0 amide bonds. The number of ether oxygens (including phenoxy) is 2. The Morgan fingerprint density at radius 3 is 2.94 bits per heavy atom. The van der Waals surface area contributed by atoms with E-state index >= 15 is 0 Å². The zero-order valence-electron chi connectivity index (χ0n) is 10.2. The van der Waals surface area contributed by atoms with Gasteiger partial charge in [-0.1, -0.05) is 0 Å². The highest BCUT2D eigenvalue weighted by molar-refractivity contribution is 5.78. The molecular weight excluding hydrogens is 206 g/mol. The fourth-order valence-electron chi connectivity index (χ4n) is 1.35. The first-order valence-corrected chi connectivity index (χ1v) is 5.85. The smallest absolute Gasteiger partial charge is 0.188 e. The topological polar surface area (TPSA) is 68.9 Å². The van der Waals surface area contributed by atoms with E-state index in [0.717, 1.165) is 12.5 Å². The maximum Gasteiger partial charge on any atom is 0.188 e. The third-order valence-corrected chi connectivity index (χ3v) is 2.38. The second kappa shape index (κ2) is 7.46. The Bertz CT molecular complexity index is 217. The molecule has 5 heteroatoms. The normalized spacial score (nSPS) is 18.5. The van der Waals surface area contributed by atoms with Crippen molar-refractivity contribution in [2.75, 3.05) is 33.5 Å². The summed E-state index contributed by atoms with van der Waals surface area (Å²) in [5.74, 6) is 1.26. The van der Waals surface area contributed by atoms with Crippen LogP contribution in [0.5, 0.6) is 0 Å². The van der Waals surface area contributed by atoms with Crippen LogP contribution in [0.2, 0.25) is 0 Å². The molecule has 0 radical (unpaired) electrons. The fraction of sp³-hybridized carbons (Fsp3) is 0.909. The monoisotopic (exact) mass is 229 g/mol. The molecule has 0 saturated heterocycles. The predicted molar refractivity (Wildman–Crippen MR) is 64.5 cm³/mol. The summed E-state index contributed by atoms with van der Waals surface area (Å²) in [5, 5.41) is 3.04. The molecule has 5 nitrogen and oxygen atoms in total. The van der Waals surface area contributed by atoms with E-state index in [0.29, 0.717) is 25.7 Å². The standard InChI is InChI=1S/C11H23N3O2/c1-9(7-15-2)14-11(12)13-5-6-16-8-10-3-4-10/h9-10H,3-8H2,1-2H3,(H3,12,13,14). The minimum atomic E-state index is 0.182. The minimum absolute atomic E-state index is 0.182. The molecule has 3 N–H and O–H groups in total. The number of hydrogen-bond donors (Lipinski definition) is 2. The van der Waals surface area contributed by atoms with Crippen molar-refractivity contribution in [2.24, 2.45) is 16.6 Å². The first-order valence-electron chi connectivity index (χ1n) is 5.85. The van der Waals surface area contributed by atoms with Crippen LogP contribution >= 0.6 is 0 Å². The van der Waals surface area contributed by atoms with Crippen LogP contribution in [0, 0.1) is 5.92 Å². The molecule has 0 aromatic rings. The summed E-state index contributed by atoms with van der Waals surface area (Å²) in [6, 6.07) is 0.182. The average molecular weight is 229 g/mol. The molecule has 0 aromatic heterocycles. The van der Waals surface area contributed by atoms with Crippen molar-refractivity contribution in [1.82, 2.24) is 5.32 Å². The molecule has 0 bridgehead atoms. The molecule has 0 spiro atoms. The first-order chi connectivity index (χ1) is 7.72. The highest BCUT2D eigenvalue weighted by Gasteiger charge is 2.20. The van der Waals surface area contributed by atoms with E-state index in [1.54, 1.807) is 7.11 Å². The van der Waals surface area contributed by atoms with Crippen LogP contribution < -0.4 is 11.1 Å². The summed E-state index contributed by atoms with van der Waals surface area (Å²) < 4.78 is 10.4. The Morgan fingerprint density at radius 2 is 2.31 bits per heavy atom. The Hall–Kier alpha value is -0.810. The molecule has 1 saturated carbocycles. The highest BCUT2D eigenvalue weighted by atomic mass is 16.5. The van der Waals surface area contributed by atoms with Crippen LogP contribution in [-0.4, -0.2) is 45.5 Å². The van der Waals surface area contributed by atoms with Crippen LogP contribution in [0.15, 0.2) is 4.99 Å². The van der Waals surface area contributed by atoms with Crippen LogP contribution in [0.25, 0.3) is 0 Å². The Kier molecular flexibility index (Phi) is 6.18. The van der Waals surface area contributed by atoms with Gasteiger partial charge in [-0.3, -0.25) is 4.99 Å². The maximum absolute atomic E-state index is 5.69. The molecular formula is C11H23N3O2. The predicted octanol–water partition coefficient (Wildman–Crippen LogP) is 0.352. The third kappa shape index (κ3) is 6.63. The van der Waals surface area contributed by atoms with E-state index in [1.165, 1.54) is 12.8 Å². The second-order valence-electron chi connectivity index (χ2n) is 4.29. The van der Waals surface area contributed by atoms with Gasteiger partial charge in [-0.15, -0.1) is 0 Å². The Morgan fingerprint density at radius 1 is 1.56 bits per heavy atom. The molecule has 1 aliphatic rings. The van der Waals surface area contributed by atoms with E-state index < -0.39 is 0 Å². The molecule has 1 unspecified atom stereocenters. The van der Waals surface area contributed by atoms with E-state index in [4.69, 9.17) is 15.2 Å². The second-order valence-corrected chi connectivity index (χ2v) is 4.29. The molecule has 1 fully saturated rings. The lowest BCUT2D eigenvalue weighted by atomic mass is 10.4. The van der Waals surface area contributed by atoms with Crippen LogP contribution in [0.1, 0.15) is 19.8 Å². The van der Waals surface area contributed by atoms with Crippen LogP contribution in [0.3, 0.4) is 0 Å². The minimum Gasteiger partial charge on any atom is -0.383 e. The van der Waals surface area contributed by atoms with E-state index in [-0.39, 0.29) is 6.04 Å². The van der Waals surface area contributed by atoms with Gasteiger partial charge in [0.1, 0.15) is 0 Å². The lowest BCUT2D eigenvalue weighted by Gasteiger charge is -2.12. The van der Waals surface area contributed by atoms with Crippen LogP contribution in [0.4, 0.5) is 0 Å². The number of guanidine groups is 1. The summed E-state index contributed by atoms with van der Waals surface area (Å²) in [7, 11) is 1.66. The van der Waals surface area contributed by atoms with Gasteiger partial charge in [0.25, 0.3) is 0 Å². The quantitative estimate of drug-likeness (QED) is 0.358. The van der Waals surface area contributed by atoms with E-state index in [2.05, 4.69) is 10.3 Å². The van der Waals surface area contributed by atoms with Crippen molar-refractivity contribution < 1.29 is 9.47 Å². The highest BCUT2D eigenvalue weighted by Crippen LogP contribution is 2.28. The molecule has 1 aliphatic carbocycles. The van der Waals surface area contributed by atoms with Crippen molar-refractivity contribution in [1.29, 1.82) is 0 Å². The van der Waals surface area contributed by atoms with Crippen molar-refractivity contribution in [3.63, 3.8) is 0 Å². The van der Waals surface area contributed by atoms with E-state index in [1.807, 2.05) is 6.92 Å². The number of aliphatic imine (C=N–C) groups is 1. The van der Waals surface area contributed by atoms with Gasteiger partial charge in [-0.25, -0.2) is 0 Å².